The highest BCUT2D eigenvalue weighted by Crippen LogP contribution is 2.26. The van der Waals surface area contributed by atoms with Gasteiger partial charge in [-0.05, 0) is 18.7 Å². The Labute approximate surface area is 139 Å². The SMILES string of the molecule is CNCC=CC(=O)c1c[nH]c2ncnc(OCc3ccccc3)c12. The summed E-state index contributed by atoms with van der Waals surface area (Å²) >= 11 is 0. The molecule has 2 heterocycles. The Morgan fingerprint density at radius 1 is 1.29 bits per heavy atom. The lowest BCUT2D eigenvalue weighted by Gasteiger charge is -2.07. The molecule has 0 aliphatic heterocycles. The fraction of sp³-hybridized carbons (Fsp3) is 0.167. The third-order valence-electron chi connectivity index (χ3n) is 3.51. The molecule has 1 aromatic carbocycles. The number of hydrogen-bond donors (Lipinski definition) is 2. The number of aromatic amines is 1. The maximum Gasteiger partial charge on any atom is 0.227 e. The average molecular weight is 322 g/mol. The number of allylic oxidation sites excluding steroid dienone is 1. The van der Waals surface area contributed by atoms with Gasteiger partial charge in [0.25, 0.3) is 0 Å². The molecule has 0 aliphatic rings. The van der Waals surface area contributed by atoms with Crippen LogP contribution >= 0.6 is 0 Å². The number of aromatic nitrogens is 3. The van der Waals surface area contributed by atoms with Gasteiger partial charge < -0.3 is 15.0 Å². The molecular weight excluding hydrogens is 304 g/mol. The van der Waals surface area contributed by atoms with Gasteiger partial charge in [-0.1, -0.05) is 36.4 Å². The van der Waals surface area contributed by atoms with Crippen molar-refractivity contribution in [2.24, 2.45) is 0 Å². The Morgan fingerprint density at radius 3 is 2.92 bits per heavy atom. The number of ether oxygens (including phenoxy) is 1. The van der Waals surface area contributed by atoms with Crippen molar-refractivity contribution in [2.75, 3.05) is 13.6 Å². The summed E-state index contributed by atoms with van der Waals surface area (Å²) in [7, 11) is 1.82. The Bertz CT molecular complexity index is 856. The molecule has 0 unspecified atom stereocenters. The second kappa shape index (κ2) is 7.52. The zero-order chi connectivity index (χ0) is 16.8. The van der Waals surface area contributed by atoms with Crippen molar-refractivity contribution in [1.29, 1.82) is 0 Å². The summed E-state index contributed by atoms with van der Waals surface area (Å²) in [5, 5.41) is 3.56. The molecule has 0 saturated carbocycles. The summed E-state index contributed by atoms with van der Waals surface area (Å²) in [4.78, 5) is 23.7. The van der Waals surface area contributed by atoms with Crippen LogP contribution in [0.5, 0.6) is 5.88 Å². The molecule has 0 saturated heterocycles. The summed E-state index contributed by atoms with van der Waals surface area (Å²) in [6.07, 6.45) is 6.37. The molecular formula is C18H18N4O2. The third kappa shape index (κ3) is 3.49. The van der Waals surface area contributed by atoms with Crippen LogP contribution in [-0.4, -0.2) is 34.3 Å². The second-order valence-corrected chi connectivity index (χ2v) is 5.20. The number of carbonyl (C=O) groups excluding carboxylic acids is 1. The number of rotatable bonds is 7. The highest BCUT2D eigenvalue weighted by atomic mass is 16.5. The third-order valence-corrected chi connectivity index (χ3v) is 3.51. The van der Waals surface area contributed by atoms with Crippen molar-refractivity contribution in [2.45, 2.75) is 6.61 Å². The van der Waals surface area contributed by atoms with E-state index >= 15 is 0 Å². The molecule has 122 valence electrons. The summed E-state index contributed by atoms with van der Waals surface area (Å²) in [5.74, 6) is 0.284. The van der Waals surface area contributed by atoms with Crippen LogP contribution in [0.1, 0.15) is 15.9 Å². The molecule has 0 radical (unpaired) electrons. The van der Waals surface area contributed by atoms with Crippen LogP contribution in [0.2, 0.25) is 0 Å². The number of ketones is 1. The lowest BCUT2D eigenvalue weighted by molar-refractivity contribution is 0.104. The smallest absolute Gasteiger partial charge is 0.227 e. The normalized spacial score (nSPS) is 11.2. The van der Waals surface area contributed by atoms with Gasteiger partial charge >= 0.3 is 0 Å². The Kier molecular flexibility index (Phi) is 4.98. The average Bonchev–Trinajstić information content (AvgIpc) is 3.06. The van der Waals surface area contributed by atoms with E-state index in [1.54, 1.807) is 12.3 Å². The van der Waals surface area contributed by atoms with Crippen LogP contribution in [0.4, 0.5) is 0 Å². The molecule has 0 spiro atoms. The van der Waals surface area contributed by atoms with Crippen LogP contribution in [0.25, 0.3) is 11.0 Å². The quantitative estimate of drug-likeness (QED) is 0.516. The number of benzene rings is 1. The van der Waals surface area contributed by atoms with Gasteiger partial charge in [-0.15, -0.1) is 0 Å². The van der Waals surface area contributed by atoms with E-state index in [0.717, 1.165) is 5.56 Å². The van der Waals surface area contributed by atoms with Crippen LogP contribution in [0.15, 0.2) is 55.0 Å². The minimum Gasteiger partial charge on any atom is -0.472 e. The molecule has 24 heavy (non-hydrogen) atoms. The van der Waals surface area contributed by atoms with Gasteiger partial charge in [0.2, 0.25) is 5.88 Å². The van der Waals surface area contributed by atoms with Gasteiger partial charge in [0.05, 0.1) is 10.9 Å². The molecule has 3 rings (SSSR count). The molecule has 3 aromatic rings. The molecule has 0 aliphatic carbocycles. The Balaban J connectivity index is 1.88. The first kappa shape index (κ1) is 15.9. The predicted molar refractivity (Wildman–Crippen MR) is 92.1 cm³/mol. The minimum atomic E-state index is -0.115. The number of hydrogen-bond acceptors (Lipinski definition) is 5. The summed E-state index contributed by atoms with van der Waals surface area (Å²) in [5.41, 5.74) is 2.11. The van der Waals surface area contributed by atoms with Gasteiger partial charge in [-0.3, -0.25) is 4.79 Å². The number of nitrogens with zero attached hydrogens (tertiary/aromatic N) is 2. The number of nitrogens with one attached hydrogen (secondary N) is 2. The lowest BCUT2D eigenvalue weighted by atomic mass is 10.1. The van der Waals surface area contributed by atoms with Gasteiger partial charge in [-0.2, -0.15) is 0 Å². The zero-order valence-corrected chi connectivity index (χ0v) is 13.3. The van der Waals surface area contributed by atoms with Crippen LogP contribution < -0.4 is 10.1 Å². The molecule has 0 bridgehead atoms. The fourth-order valence-corrected chi connectivity index (χ4v) is 2.34. The van der Waals surface area contributed by atoms with Crippen LogP contribution in [0.3, 0.4) is 0 Å². The molecule has 6 heteroatoms. The van der Waals surface area contributed by atoms with Gasteiger partial charge in [0.1, 0.15) is 18.6 Å². The van der Waals surface area contributed by atoms with Gasteiger partial charge in [0, 0.05) is 12.7 Å². The van der Waals surface area contributed by atoms with Gasteiger partial charge in [0.15, 0.2) is 5.78 Å². The van der Waals surface area contributed by atoms with Crippen molar-refractivity contribution in [3.8, 4) is 5.88 Å². The van der Waals surface area contributed by atoms with Crippen LogP contribution in [0, 0.1) is 0 Å². The highest BCUT2D eigenvalue weighted by Gasteiger charge is 2.16. The zero-order valence-electron chi connectivity index (χ0n) is 13.3. The van der Waals surface area contributed by atoms with E-state index in [1.165, 1.54) is 12.4 Å². The fourth-order valence-electron chi connectivity index (χ4n) is 2.34. The number of H-pyrrole nitrogens is 1. The van der Waals surface area contributed by atoms with Crippen LogP contribution in [-0.2, 0) is 6.61 Å². The monoisotopic (exact) mass is 322 g/mol. The first-order chi connectivity index (χ1) is 11.8. The summed E-state index contributed by atoms with van der Waals surface area (Å²) < 4.78 is 5.82. The maximum absolute atomic E-state index is 12.4. The van der Waals surface area contributed by atoms with E-state index in [4.69, 9.17) is 4.74 Å². The van der Waals surface area contributed by atoms with Crippen molar-refractivity contribution in [3.63, 3.8) is 0 Å². The van der Waals surface area contributed by atoms with E-state index < -0.39 is 0 Å². The van der Waals surface area contributed by atoms with Crippen molar-refractivity contribution in [3.05, 3.63) is 66.1 Å². The van der Waals surface area contributed by atoms with E-state index in [2.05, 4.69) is 20.3 Å². The largest absolute Gasteiger partial charge is 0.472 e. The topological polar surface area (TPSA) is 79.9 Å². The van der Waals surface area contributed by atoms with E-state index in [1.807, 2.05) is 37.4 Å². The maximum atomic E-state index is 12.4. The van der Waals surface area contributed by atoms with E-state index in [0.29, 0.717) is 35.6 Å². The summed E-state index contributed by atoms with van der Waals surface area (Å²) in [6, 6.07) is 9.80. The minimum absolute atomic E-state index is 0.115. The van der Waals surface area contributed by atoms with E-state index in [-0.39, 0.29) is 5.78 Å². The Morgan fingerprint density at radius 2 is 2.12 bits per heavy atom. The van der Waals surface area contributed by atoms with Crippen molar-refractivity contribution < 1.29 is 9.53 Å². The first-order valence-electron chi connectivity index (χ1n) is 7.64. The van der Waals surface area contributed by atoms with E-state index in [9.17, 15) is 4.79 Å². The number of carbonyl (C=O) groups is 1. The standard InChI is InChI=1S/C18H18N4O2/c1-19-9-5-8-15(23)14-10-20-17-16(14)18(22-12-21-17)24-11-13-6-3-2-4-7-13/h2-8,10,12,19H,9,11H2,1H3,(H,20,21,22). The van der Waals surface area contributed by atoms with Crippen molar-refractivity contribution in [1.82, 2.24) is 20.3 Å². The van der Waals surface area contributed by atoms with Gasteiger partial charge in [-0.25, -0.2) is 9.97 Å². The molecule has 6 nitrogen and oxygen atoms in total. The second-order valence-electron chi connectivity index (χ2n) is 5.20. The first-order valence-corrected chi connectivity index (χ1v) is 7.64. The molecule has 0 fully saturated rings. The number of fused-ring (bicyclic) bond motifs is 1. The lowest BCUT2D eigenvalue weighted by Crippen LogP contribution is -2.05. The van der Waals surface area contributed by atoms with Crippen molar-refractivity contribution >= 4 is 16.8 Å². The number of likely N-dealkylation sites (N-methyl/N-ethyl adjacent to an activating group) is 1. The highest BCUT2D eigenvalue weighted by molar-refractivity contribution is 6.13. The molecule has 0 amide bonds. The molecule has 2 aromatic heterocycles. The predicted octanol–water partition coefficient (Wildman–Crippen LogP) is 2.50. The summed E-state index contributed by atoms with van der Waals surface area (Å²) in [6.45, 7) is 1.00. The molecule has 2 N–H and O–H groups in total. The Hall–Kier alpha value is -2.99. The molecule has 0 atom stereocenters.